The topological polar surface area (TPSA) is 47.9 Å². The van der Waals surface area contributed by atoms with Crippen LogP contribution >= 0.6 is 11.6 Å². The van der Waals surface area contributed by atoms with Gasteiger partial charge in [0.1, 0.15) is 5.56 Å². The third-order valence-corrected chi connectivity index (χ3v) is 3.16. The molecule has 0 rings (SSSR count). The predicted octanol–water partition coefficient (Wildman–Crippen LogP) is 1.09. The molecule has 1 N–H and O–H groups in total. The lowest BCUT2D eigenvalue weighted by Gasteiger charge is -2.22. The van der Waals surface area contributed by atoms with Gasteiger partial charge >= 0.3 is 9.05 Å². The van der Waals surface area contributed by atoms with Gasteiger partial charge in [-0.3, -0.25) is 0 Å². The van der Waals surface area contributed by atoms with Gasteiger partial charge in [0.05, 0.1) is 0 Å². The number of hydrogen-bond donors (Lipinski definition) is 1. The minimum atomic E-state index is -3.44. The molecule has 0 aliphatic heterocycles. The molecule has 0 aromatic rings. The summed E-state index contributed by atoms with van der Waals surface area (Å²) in [4.78, 5) is 9.57. The molecule has 0 radical (unpaired) electrons. The summed E-state index contributed by atoms with van der Waals surface area (Å²) in [7, 11) is -3.44. The molecule has 0 aliphatic carbocycles. The molecular weight excluding hydrogens is 200 g/mol. The standard InChI is InChI=1S/C6H15ClO4Si/c1-4-9-12(8,10-5-2)11-6(3)7/h6,8H,4-5H2,1-3H3. The number of hydrogen-bond acceptors (Lipinski definition) is 4. The molecule has 0 amide bonds. The molecule has 0 spiro atoms. The summed E-state index contributed by atoms with van der Waals surface area (Å²) in [6.07, 6.45) is 0. The average Bonchev–Trinajstić information content (AvgIpc) is 1.85. The largest absolute Gasteiger partial charge is 0.678 e. The minimum Gasteiger partial charge on any atom is -0.367 e. The fourth-order valence-corrected chi connectivity index (χ4v) is 2.38. The van der Waals surface area contributed by atoms with Crippen molar-refractivity contribution in [2.24, 2.45) is 0 Å². The first-order valence-corrected chi connectivity index (χ1v) is 5.97. The highest BCUT2D eigenvalue weighted by atomic mass is 35.5. The summed E-state index contributed by atoms with van der Waals surface area (Å²) in [5, 5.41) is 0. The van der Waals surface area contributed by atoms with E-state index >= 15 is 0 Å². The fraction of sp³-hybridized carbons (Fsp3) is 1.00. The lowest BCUT2D eigenvalue weighted by Crippen LogP contribution is -2.47. The van der Waals surface area contributed by atoms with Crippen LogP contribution in [0.25, 0.3) is 0 Å². The van der Waals surface area contributed by atoms with Crippen molar-refractivity contribution in [2.45, 2.75) is 26.3 Å². The number of rotatable bonds is 6. The third kappa shape index (κ3) is 5.07. The highest BCUT2D eigenvalue weighted by molar-refractivity contribution is 6.52. The van der Waals surface area contributed by atoms with Crippen molar-refractivity contribution in [3.8, 4) is 0 Å². The zero-order chi connectivity index (χ0) is 9.61. The lowest BCUT2D eigenvalue weighted by molar-refractivity contribution is -0.00678. The summed E-state index contributed by atoms with van der Waals surface area (Å²) in [5.74, 6) is 0. The molecule has 0 aliphatic rings. The summed E-state index contributed by atoms with van der Waals surface area (Å²) < 4.78 is 14.8. The Kier molecular flexibility index (Phi) is 6.07. The van der Waals surface area contributed by atoms with Crippen molar-refractivity contribution >= 4 is 20.6 Å². The Morgan fingerprint density at radius 1 is 1.33 bits per heavy atom. The van der Waals surface area contributed by atoms with E-state index in [1.807, 2.05) is 0 Å². The second-order valence-corrected chi connectivity index (χ2v) is 4.53. The van der Waals surface area contributed by atoms with Crippen LogP contribution < -0.4 is 0 Å². The maximum absolute atomic E-state index is 9.57. The molecule has 4 nitrogen and oxygen atoms in total. The van der Waals surface area contributed by atoms with Crippen LogP contribution in [0.3, 0.4) is 0 Å². The quantitative estimate of drug-likeness (QED) is 0.531. The summed E-state index contributed by atoms with van der Waals surface area (Å²) in [5.41, 5.74) is -0.611. The van der Waals surface area contributed by atoms with Crippen LogP contribution in [0.1, 0.15) is 20.8 Å². The van der Waals surface area contributed by atoms with Crippen molar-refractivity contribution < 1.29 is 18.1 Å². The van der Waals surface area contributed by atoms with Gasteiger partial charge in [-0.05, 0) is 20.8 Å². The van der Waals surface area contributed by atoms with Crippen molar-refractivity contribution in [1.82, 2.24) is 0 Å². The second-order valence-electron chi connectivity index (χ2n) is 2.05. The van der Waals surface area contributed by atoms with E-state index in [9.17, 15) is 4.80 Å². The Hall–Kier alpha value is 0.347. The van der Waals surface area contributed by atoms with Gasteiger partial charge in [0.2, 0.25) is 0 Å². The van der Waals surface area contributed by atoms with E-state index in [4.69, 9.17) is 24.9 Å². The number of alkyl halides is 1. The van der Waals surface area contributed by atoms with Crippen LogP contribution in [0.2, 0.25) is 0 Å². The first kappa shape index (κ1) is 12.3. The molecule has 0 heterocycles. The fourth-order valence-electron chi connectivity index (χ4n) is 0.680. The lowest BCUT2D eigenvalue weighted by atomic mass is 10.9. The van der Waals surface area contributed by atoms with Gasteiger partial charge in [-0.15, -0.1) is 0 Å². The Bertz CT molecular complexity index is 116. The van der Waals surface area contributed by atoms with Crippen LogP contribution in [-0.2, 0) is 13.3 Å². The smallest absolute Gasteiger partial charge is 0.367 e. The van der Waals surface area contributed by atoms with Crippen LogP contribution in [0.5, 0.6) is 0 Å². The van der Waals surface area contributed by atoms with Gasteiger partial charge in [0.15, 0.2) is 0 Å². The normalized spacial score (nSPS) is 14.8. The van der Waals surface area contributed by atoms with Gasteiger partial charge in [-0.25, -0.2) is 0 Å². The molecule has 74 valence electrons. The molecule has 0 aromatic heterocycles. The zero-order valence-corrected chi connectivity index (χ0v) is 9.30. The molecular formula is C6H15ClO4Si. The van der Waals surface area contributed by atoms with Gasteiger partial charge in [-0.2, -0.15) is 0 Å². The van der Waals surface area contributed by atoms with E-state index in [1.54, 1.807) is 20.8 Å². The van der Waals surface area contributed by atoms with Crippen molar-refractivity contribution in [2.75, 3.05) is 13.2 Å². The van der Waals surface area contributed by atoms with E-state index in [1.165, 1.54) is 0 Å². The molecule has 0 bridgehead atoms. The molecule has 6 heteroatoms. The van der Waals surface area contributed by atoms with Crippen molar-refractivity contribution in [3.05, 3.63) is 0 Å². The van der Waals surface area contributed by atoms with E-state index < -0.39 is 14.6 Å². The maximum Gasteiger partial charge on any atom is 0.678 e. The van der Waals surface area contributed by atoms with E-state index in [-0.39, 0.29) is 0 Å². The van der Waals surface area contributed by atoms with Crippen LogP contribution in [-0.4, -0.2) is 32.6 Å². The van der Waals surface area contributed by atoms with Crippen LogP contribution in [0.4, 0.5) is 0 Å². The summed E-state index contributed by atoms with van der Waals surface area (Å²) in [6, 6.07) is 0. The molecule has 0 saturated carbocycles. The predicted molar refractivity (Wildman–Crippen MR) is 47.6 cm³/mol. The molecule has 0 saturated heterocycles. The van der Waals surface area contributed by atoms with Crippen LogP contribution in [0, 0.1) is 0 Å². The van der Waals surface area contributed by atoms with Gasteiger partial charge in [0, 0.05) is 13.2 Å². The first-order valence-electron chi connectivity index (χ1n) is 3.86. The summed E-state index contributed by atoms with van der Waals surface area (Å²) >= 11 is 5.53. The van der Waals surface area contributed by atoms with Gasteiger partial charge in [0.25, 0.3) is 0 Å². The second kappa shape index (κ2) is 5.90. The maximum atomic E-state index is 9.57. The molecule has 0 fully saturated rings. The van der Waals surface area contributed by atoms with Crippen LogP contribution in [0.15, 0.2) is 0 Å². The van der Waals surface area contributed by atoms with E-state index in [2.05, 4.69) is 0 Å². The molecule has 1 atom stereocenters. The monoisotopic (exact) mass is 214 g/mol. The van der Waals surface area contributed by atoms with E-state index in [0.717, 1.165) is 0 Å². The summed E-state index contributed by atoms with van der Waals surface area (Å²) in [6.45, 7) is 5.77. The van der Waals surface area contributed by atoms with Gasteiger partial charge < -0.3 is 18.1 Å². The third-order valence-electron chi connectivity index (χ3n) is 0.965. The SMILES string of the molecule is CCO[Si](O)(OCC)OC(C)Cl. The van der Waals surface area contributed by atoms with Gasteiger partial charge in [-0.1, -0.05) is 11.6 Å². The van der Waals surface area contributed by atoms with Crippen molar-refractivity contribution in [3.63, 3.8) is 0 Å². The molecule has 1 unspecified atom stereocenters. The Morgan fingerprint density at radius 2 is 1.75 bits per heavy atom. The van der Waals surface area contributed by atoms with E-state index in [0.29, 0.717) is 13.2 Å². The van der Waals surface area contributed by atoms with Crippen molar-refractivity contribution in [1.29, 1.82) is 0 Å². The number of halogens is 1. The average molecular weight is 215 g/mol. The molecule has 0 aromatic carbocycles. The Balaban J connectivity index is 3.98. The first-order chi connectivity index (χ1) is 5.54. The Labute approximate surface area is 78.9 Å². The highest BCUT2D eigenvalue weighted by Gasteiger charge is 2.41. The minimum absolute atomic E-state index is 0.340. The zero-order valence-electron chi connectivity index (χ0n) is 7.54. The Morgan fingerprint density at radius 3 is 2.00 bits per heavy atom. The highest BCUT2D eigenvalue weighted by Crippen LogP contribution is 2.10. The molecule has 12 heavy (non-hydrogen) atoms.